The largest absolute Gasteiger partial charge is 0.383 e. The predicted octanol–water partition coefficient (Wildman–Crippen LogP) is 1.61. The average Bonchev–Trinajstić information content (AvgIpc) is 2.37. The van der Waals surface area contributed by atoms with Crippen molar-refractivity contribution in [3.05, 3.63) is 44.5 Å². The van der Waals surface area contributed by atoms with Gasteiger partial charge < -0.3 is 11.5 Å². The number of nitro benzene ring substituents is 2. The lowest BCUT2D eigenvalue weighted by molar-refractivity contribution is -0.396. The first-order valence-electron chi connectivity index (χ1n) is 5.37. The fraction of sp³-hybridized carbons (Fsp3) is 0. The van der Waals surface area contributed by atoms with Crippen molar-refractivity contribution in [1.82, 2.24) is 9.97 Å². The highest BCUT2D eigenvalue weighted by Crippen LogP contribution is 2.35. The second-order valence-electron chi connectivity index (χ2n) is 3.77. The third-order valence-corrected chi connectivity index (χ3v) is 3.23. The van der Waals surface area contributed by atoms with Crippen molar-refractivity contribution in [2.45, 2.75) is 10.1 Å². The van der Waals surface area contributed by atoms with E-state index in [4.69, 9.17) is 11.5 Å². The first-order valence-corrected chi connectivity index (χ1v) is 6.19. The number of nitro groups is 2. The van der Waals surface area contributed by atoms with E-state index in [1.165, 1.54) is 12.1 Å². The van der Waals surface area contributed by atoms with E-state index in [0.29, 0.717) is 0 Å². The molecule has 10 nitrogen and oxygen atoms in total. The van der Waals surface area contributed by atoms with E-state index in [1.54, 1.807) is 0 Å². The SMILES string of the molecule is Nc1cc(N)nc(Sc2ccc([N+](=O)[O-])cc2[N+](=O)[O-])n1. The second kappa shape index (κ2) is 5.58. The zero-order chi connectivity index (χ0) is 15.6. The molecular weight excluding hydrogens is 300 g/mol. The van der Waals surface area contributed by atoms with E-state index in [0.717, 1.165) is 23.9 Å². The number of anilines is 2. The molecule has 2 aromatic rings. The first kappa shape index (κ1) is 14.5. The Labute approximate surface area is 121 Å². The molecule has 0 fully saturated rings. The molecule has 0 aliphatic rings. The summed E-state index contributed by atoms with van der Waals surface area (Å²) in [5.41, 5.74) is 10.2. The molecule has 0 saturated carbocycles. The Balaban J connectivity index is 2.43. The van der Waals surface area contributed by atoms with Crippen LogP contribution in [0.15, 0.2) is 34.3 Å². The van der Waals surface area contributed by atoms with Gasteiger partial charge in [-0.15, -0.1) is 0 Å². The summed E-state index contributed by atoms with van der Waals surface area (Å²) in [6.07, 6.45) is 0. The van der Waals surface area contributed by atoms with Gasteiger partial charge >= 0.3 is 0 Å². The van der Waals surface area contributed by atoms with Crippen LogP contribution in [0.1, 0.15) is 0 Å². The molecule has 0 atom stereocenters. The lowest BCUT2D eigenvalue weighted by Gasteiger charge is -2.03. The van der Waals surface area contributed by atoms with E-state index >= 15 is 0 Å². The molecule has 4 N–H and O–H groups in total. The van der Waals surface area contributed by atoms with Crippen LogP contribution in [0.2, 0.25) is 0 Å². The zero-order valence-corrected chi connectivity index (χ0v) is 11.1. The summed E-state index contributed by atoms with van der Waals surface area (Å²) < 4.78 is 0. The smallest absolute Gasteiger partial charge is 0.290 e. The number of hydrogen-bond acceptors (Lipinski definition) is 9. The van der Waals surface area contributed by atoms with Crippen molar-refractivity contribution in [3.8, 4) is 0 Å². The lowest BCUT2D eigenvalue weighted by atomic mass is 10.3. The Morgan fingerprint density at radius 3 is 2.14 bits per heavy atom. The Bertz CT molecular complexity index is 717. The normalized spacial score (nSPS) is 10.3. The van der Waals surface area contributed by atoms with Crippen molar-refractivity contribution >= 4 is 34.8 Å². The van der Waals surface area contributed by atoms with E-state index < -0.39 is 15.5 Å². The highest BCUT2D eigenvalue weighted by atomic mass is 32.2. The molecule has 0 amide bonds. The van der Waals surface area contributed by atoms with Crippen LogP contribution < -0.4 is 11.5 Å². The monoisotopic (exact) mass is 308 g/mol. The molecule has 21 heavy (non-hydrogen) atoms. The summed E-state index contributed by atoms with van der Waals surface area (Å²) in [5.74, 6) is 0.240. The third-order valence-electron chi connectivity index (χ3n) is 2.30. The average molecular weight is 308 g/mol. The van der Waals surface area contributed by atoms with Gasteiger partial charge in [0.25, 0.3) is 11.4 Å². The molecule has 108 valence electrons. The maximum absolute atomic E-state index is 11.0. The molecule has 0 spiro atoms. The Kier molecular flexibility index (Phi) is 3.84. The summed E-state index contributed by atoms with van der Waals surface area (Å²) >= 11 is 0.845. The molecular formula is C10H8N6O4S. The molecule has 2 rings (SSSR count). The third kappa shape index (κ3) is 3.33. The minimum atomic E-state index is -0.717. The number of benzene rings is 1. The molecule has 0 aliphatic heterocycles. The molecule has 0 saturated heterocycles. The molecule has 1 aromatic carbocycles. The fourth-order valence-electron chi connectivity index (χ4n) is 1.45. The van der Waals surface area contributed by atoms with E-state index in [2.05, 4.69) is 9.97 Å². The van der Waals surface area contributed by atoms with Crippen LogP contribution in [0.25, 0.3) is 0 Å². The minimum absolute atomic E-state index is 0.115. The van der Waals surface area contributed by atoms with Crippen molar-refractivity contribution in [1.29, 1.82) is 0 Å². The highest BCUT2D eigenvalue weighted by Gasteiger charge is 2.21. The molecule has 0 radical (unpaired) electrons. The molecule has 11 heteroatoms. The molecule has 1 heterocycles. The van der Waals surface area contributed by atoms with Gasteiger partial charge in [0.15, 0.2) is 5.16 Å². The number of hydrogen-bond donors (Lipinski definition) is 2. The second-order valence-corrected chi connectivity index (χ2v) is 4.78. The van der Waals surface area contributed by atoms with Crippen LogP contribution in [0, 0.1) is 20.2 Å². The van der Waals surface area contributed by atoms with Gasteiger partial charge in [0.1, 0.15) is 11.6 Å². The first-order chi connectivity index (χ1) is 9.86. The maximum Gasteiger partial charge on any atom is 0.290 e. The molecule has 0 bridgehead atoms. The number of nitrogen functional groups attached to an aromatic ring is 2. The van der Waals surface area contributed by atoms with Crippen LogP contribution >= 0.6 is 11.8 Å². The van der Waals surface area contributed by atoms with Gasteiger partial charge in [0.05, 0.1) is 20.8 Å². The van der Waals surface area contributed by atoms with Crippen LogP contribution in [-0.2, 0) is 0 Å². The van der Waals surface area contributed by atoms with Gasteiger partial charge in [-0.3, -0.25) is 20.2 Å². The lowest BCUT2D eigenvalue weighted by Crippen LogP contribution is -2.00. The van der Waals surface area contributed by atoms with Gasteiger partial charge in [0, 0.05) is 12.1 Å². The van der Waals surface area contributed by atoms with Crippen LogP contribution in [0.5, 0.6) is 0 Å². The van der Waals surface area contributed by atoms with Gasteiger partial charge in [-0.05, 0) is 17.8 Å². The Morgan fingerprint density at radius 1 is 1.00 bits per heavy atom. The van der Waals surface area contributed by atoms with Crippen LogP contribution in [0.4, 0.5) is 23.0 Å². The van der Waals surface area contributed by atoms with Crippen molar-refractivity contribution in [2.24, 2.45) is 0 Å². The summed E-state index contributed by atoms with van der Waals surface area (Å²) in [4.78, 5) is 28.1. The number of rotatable bonds is 4. The minimum Gasteiger partial charge on any atom is -0.383 e. The number of nitrogens with zero attached hydrogens (tertiary/aromatic N) is 4. The van der Waals surface area contributed by atoms with Gasteiger partial charge in [-0.2, -0.15) is 0 Å². The Hall–Kier alpha value is -2.95. The van der Waals surface area contributed by atoms with Crippen LogP contribution in [-0.4, -0.2) is 19.8 Å². The summed E-state index contributed by atoms with van der Waals surface area (Å²) in [7, 11) is 0. The standard InChI is InChI=1S/C10H8N6O4S/c11-8-4-9(12)14-10(13-8)21-7-2-1-5(15(17)18)3-6(7)16(19)20/h1-4H,(H4,11,12,13,14). The van der Waals surface area contributed by atoms with Crippen molar-refractivity contribution < 1.29 is 9.85 Å². The van der Waals surface area contributed by atoms with Crippen molar-refractivity contribution in [3.63, 3.8) is 0 Å². The van der Waals surface area contributed by atoms with Gasteiger partial charge in [-0.25, -0.2) is 9.97 Å². The van der Waals surface area contributed by atoms with Gasteiger partial charge in [0.2, 0.25) is 0 Å². The maximum atomic E-state index is 11.0. The zero-order valence-electron chi connectivity index (χ0n) is 10.3. The van der Waals surface area contributed by atoms with E-state index in [-0.39, 0.29) is 27.4 Å². The van der Waals surface area contributed by atoms with E-state index in [1.807, 2.05) is 0 Å². The van der Waals surface area contributed by atoms with E-state index in [9.17, 15) is 20.2 Å². The van der Waals surface area contributed by atoms with Gasteiger partial charge in [-0.1, -0.05) is 0 Å². The molecule has 0 unspecified atom stereocenters. The molecule has 0 aliphatic carbocycles. The quantitative estimate of drug-likeness (QED) is 0.484. The predicted molar refractivity (Wildman–Crippen MR) is 74.7 cm³/mol. The van der Waals surface area contributed by atoms with Crippen molar-refractivity contribution in [2.75, 3.05) is 11.5 Å². The number of non-ortho nitro benzene ring substituents is 1. The fourth-order valence-corrected chi connectivity index (χ4v) is 2.33. The summed E-state index contributed by atoms with van der Waals surface area (Å²) in [6, 6.07) is 4.63. The Morgan fingerprint density at radius 2 is 1.62 bits per heavy atom. The van der Waals surface area contributed by atoms with Crippen LogP contribution in [0.3, 0.4) is 0 Å². The number of nitrogens with two attached hydrogens (primary N) is 2. The topological polar surface area (TPSA) is 164 Å². The molecule has 1 aromatic heterocycles. The summed E-state index contributed by atoms with van der Waals surface area (Å²) in [6.45, 7) is 0. The summed E-state index contributed by atoms with van der Waals surface area (Å²) in [5, 5.41) is 21.8. The highest BCUT2D eigenvalue weighted by molar-refractivity contribution is 7.99. The number of aromatic nitrogens is 2.